The molecule has 0 aromatic carbocycles. The molecule has 120 valence electrons. The van der Waals surface area contributed by atoms with Gasteiger partial charge in [0.05, 0.1) is 31.1 Å². The third-order valence-corrected chi connectivity index (χ3v) is 4.33. The molecular weight excluding hydrogens is 316 g/mol. The Kier molecular flexibility index (Phi) is 4.52. The fraction of sp³-hybridized carbons (Fsp3) is 0.333. The molecule has 0 atom stereocenters. The largest absolute Gasteiger partial charge is 0.481 e. The molecule has 1 fully saturated rings. The molecule has 0 unspecified atom stereocenters. The molecule has 0 saturated carbocycles. The zero-order chi connectivity index (χ0) is 16.2. The maximum Gasteiger partial charge on any atom is 0.230 e. The molecule has 0 radical (unpaired) electrons. The van der Waals surface area contributed by atoms with Crippen LogP contribution in [-0.2, 0) is 16.0 Å². The van der Waals surface area contributed by atoms with Crippen molar-refractivity contribution >= 4 is 34.0 Å². The lowest BCUT2D eigenvalue weighted by Gasteiger charge is -2.10. The van der Waals surface area contributed by atoms with Crippen LogP contribution in [0.2, 0.25) is 0 Å². The van der Waals surface area contributed by atoms with E-state index in [4.69, 9.17) is 4.74 Å². The monoisotopic (exact) mass is 332 g/mol. The second-order valence-corrected chi connectivity index (χ2v) is 5.92. The van der Waals surface area contributed by atoms with Crippen molar-refractivity contribution < 1.29 is 14.3 Å². The lowest BCUT2D eigenvalue weighted by molar-refractivity contribution is -0.117. The third-order valence-electron chi connectivity index (χ3n) is 3.41. The number of ether oxygens (including phenoxy) is 1. The van der Waals surface area contributed by atoms with Gasteiger partial charge in [0, 0.05) is 24.4 Å². The number of carbonyl (C=O) groups is 2. The number of methoxy groups -OCH3 is 1. The molecule has 2 aromatic rings. The maximum absolute atomic E-state index is 12.0. The summed E-state index contributed by atoms with van der Waals surface area (Å²) >= 11 is 1.39. The van der Waals surface area contributed by atoms with Crippen molar-refractivity contribution in [3.05, 3.63) is 29.4 Å². The van der Waals surface area contributed by atoms with Gasteiger partial charge in [-0.25, -0.2) is 9.97 Å². The molecule has 2 aromatic heterocycles. The van der Waals surface area contributed by atoms with E-state index in [-0.39, 0.29) is 18.2 Å². The number of hydrogen-bond acceptors (Lipinski definition) is 6. The number of anilines is 2. The van der Waals surface area contributed by atoms with Gasteiger partial charge in [0.15, 0.2) is 5.13 Å². The highest BCUT2D eigenvalue weighted by Crippen LogP contribution is 2.25. The molecule has 0 aliphatic carbocycles. The summed E-state index contributed by atoms with van der Waals surface area (Å²) in [5, 5.41) is 5.24. The van der Waals surface area contributed by atoms with Crippen LogP contribution in [-0.4, -0.2) is 35.4 Å². The van der Waals surface area contributed by atoms with E-state index >= 15 is 0 Å². The number of hydrogen-bond donors (Lipinski definition) is 1. The minimum absolute atomic E-state index is 0.0969. The molecule has 1 N–H and O–H groups in total. The van der Waals surface area contributed by atoms with Gasteiger partial charge in [0.1, 0.15) is 0 Å². The van der Waals surface area contributed by atoms with Gasteiger partial charge >= 0.3 is 0 Å². The number of aromatic nitrogens is 2. The molecule has 8 heteroatoms. The van der Waals surface area contributed by atoms with Crippen LogP contribution in [0.3, 0.4) is 0 Å². The van der Waals surface area contributed by atoms with Gasteiger partial charge in [-0.1, -0.05) is 0 Å². The molecule has 2 amide bonds. The van der Waals surface area contributed by atoms with Gasteiger partial charge in [-0.15, -0.1) is 11.3 Å². The van der Waals surface area contributed by atoms with Crippen LogP contribution in [0.5, 0.6) is 5.88 Å². The van der Waals surface area contributed by atoms with Crippen LogP contribution in [0.4, 0.5) is 10.8 Å². The standard InChI is InChI=1S/C15H16N4O3S/c1-22-13-5-4-10(8-16-13)17-12(20)7-11-9-23-15(18-11)19-6-2-3-14(19)21/h4-5,8-9H,2-3,6-7H2,1H3,(H,17,20). The van der Waals surface area contributed by atoms with Crippen LogP contribution >= 0.6 is 11.3 Å². The van der Waals surface area contributed by atoms with Gasteiger partial charge in [-0.2, -0.15) is 0 Å². The normalized spacial score (nSPS) is 14.1. The van der Waals surface area contributed by atoms with E-state index in [9.17, 15) is 9.59 Å². The highest BCUT2D eigenvalue weighted by Gasteiger charge is 2.24. The molecule has 3 heterocycles. The molecule has 23 heavy (non-hydrogen) atoms. The minimum Gasteiger partial charge on any atom is -0.481 e. The first-order valence-electron chi connectivity index (χ1n) is 7.20. The fourth-order valence-electron chi connectivity index (χ4n) is 2.30. The number of rotatable bonds is 5. The molecule has 0 bridgehead atoms. The highest BCUT2D eigenvalue weighted by atomic mass is 32.1. The highest BCUT2D eigenvalue weighted by molar-refractivity contribution is 7.14. The van der Waals surface area contributed by atoms with Gasteiger partial charge in [0.2, 0.25) is 17.7 Å². The van der Waals surface area contributed by atoms with Gasteiger partial charge in [-0.05, 0) is 12.5 Å². The van der Waals surface area contributed by atoms with Crippen molar-refractivity contribution in [2.24, 2.45) is 0 Å². The number of carbonyl (C=O) groups excluding carboxylic acids is 2. The van der Waals surface area contributed by atoms with Gasteiger partial charge < -0.3 is 10.1 Å². The Hall–Kier alpha value is -2.48. The molecule has 1 saturated heterocycles. The summed E-state index contributed by atoms with van der Waals surface area (Å²) in [6.45, 7) is 0.704. The van der Waals surface area contributed by atoms with Crippen molar-refractivity contribution in [3.8, 4) is 5.88 Å². The van der Waals surface area contributed by atoms with E-state index in [1.54, 1.807) is 17.0 Å². The first kappa shape index (κ1) is 15.4. The Balaban J connectivity index is 1.59. The zero-order valence-electron chi connectivity index (χ0n) is 12.6. The van der Waals surface area contributed by atoms with Crippen molar-refractivity contribution in [3.63, 3.8) is 0 Å². The molecule has 1 aliphatic heterocycles. The van der Waals surface area contributed by atoms with Crippen LogP contribution in [0.1, 0.15) is 18.5 Å². The molecule has 3 rings (SSSR count). The SMILES string of the molecule is COc1ccc(NC(=O)Cc2csc(N3CCCC3=O)n2)cn1. The maximum atomic E-state index is 12.0. The predicted octanol–water partition coefficient (Wildman–Crippen LogP) is 1.85. The van der Waals surface area contributed by atoms with Crippen molar-refractivity contribution in [1.29, 1.82) is 0 Å². The second-order valence-electron chi connectivity index (χ2n) is 5.08. The first-order chi connectivity index (χ1) is 11.2. The smallest absolute Gasteiger partial charge is 0.230 e. The first-order valence-corrected chi connectivity index (χ1v) is 8.08. The summed E-state index contributed by atoms with van der Waals surface area (Å²) in [4.78, 5) is 33.8. The average molecular weight is 332 g/mol. The van der Waals surface area contributed by atoms with E-state index in [2.05, 4.69) is 15.3 Å². The number of nitrogens with one attached hydrogen (secondary N) is 1. The Morgan fingerprint density at radius 1 is 1.48 bits per heavy atom. The summed E-state index contributed by atoms with van der Waals surface area (Å²) < 4.78 is 4.97. The van der Waals surface area contributed by atoms with Gasteiger partial charge in [0.25, 0.3) is 0 Å². The van der Waals surface area contributed by atoms with E-state index in [1.165, 1.54) is 24.6 Å². The van der Waals surface area contributed by atoms with Crippen LogP contribution in [0.25, 0.3) is 0 Å². The van der Waals surface area contributed by atoms with Crippen LogP contribution in [0.15, 0.2) is 23.7 Å². The third kappa shape index (κ3) is 3.65. The summed E-state index contributed by atoms with van der Waals surface area (Å²) in [7, 11) is 1.53. The number of nitrogens with zero attached hydrogens (tertiary/aromatic N) is 3. The van der Waals surface area contributed by atoms with Crippen molar-refractivity contribution in [2.45, 2.75) is 19.3 Å². The Bertz CT molecular complexity index is 714. The summed E-state index contributed by atoms with van der Waals surface area (Å²) in [6.07, 6.45) is 3.12. The summed E-state index contributed by atoms with van der Waals surface area (Å²) in [5.41, 5.74) is 1.25. The quantitative estimate of drug-likeness (QED) is 0.903. The van der Waals surface area contributed by atoms with Crippen molar-refractivity contribution in [2.75, 3.05) is 23.9 Å². The van der Waals surface area contributed by atoms with Crippen LogP contribution in [0, 0.1) is 0 Å². The van der Waals surface area contributed by atoms with Crippen molar-refractivity contribution in [1.82, 2.24) is 9.97 Å². The van der Waals surface area contributed by atoms with Gasteiger partial charge in [-0.3, -0.25) is 14.5 Å². The number of thiazole rings is 1. The molecular formula is C15H16N4O3S. The topological polar surface area (TPSA) is 84.4 Å². The Morgan fingerprint density at radius 3 is 3.00 bits per heavy atom. The summed E-state index contributed by atoms with van der Waals surface area (Å²) in [6, 6.07) is 3.40. The minimum atomic E-state index is -0.179. The Labute approximate surface area is 137 Å². The van der Waals surface area contributed by atoms with Crippen LogP contribution < -0.4 is 15.0 Å². The average Bonchev–Trinajstić information content (AvgIpc) is 3.16. The lowest BCUT2D eigenvalue weighted by Crippen LogP contribution is -2.23. The van der Waals surface area contributed by atoms with E-state index in [0.717, 1.165) is 6.42 Å². The Morgan fingerprint density at radius 2 is 2.35 bits per heavy atom. The predicted molar refractivity (Wildman–Crippen MR) is 86.8 cm³/mol. The summed E-state index contributed by atoms with van der Waals surface area (Å²) in [5.74, 6) is 0.406. The number of pyridine rings is 1. The fourth-order valence-corrected chi connectivity index (χ4v) is 3.16. The van der Waals surface area contributed by atoms with E-state index < -0.39 is 0 Å². The van der Waals surface area contributed by atoms with E-state index in [1.807, 2.05) is 5.38 Å². The molecule has 1 aliphatic rings. The zero-order valence-corrected chi connectivity index (χ0v) is 13.4. The molecule has 7 nitrogen and oxygen atoms in total. The van der Waals surface area contributed by atoms with E-state index in [0.29, 0.717) is 35.4 Å². The lowest BCUT2D eigenvalue weighted by atomic mass is 10.3. The number of amides is 2. The molecule has 0 spiro atoms. The second kappa shape index (κ2) is 6.74.